The fourth-order valence-electron chi connectivity index (χ4n) is 2.97. The van der Waals surface area contributed by atoms with Gasteiger partial charge in [-0.25, -0.2) is 4.79 Å². The van der Waals surface area contributed by atoms with E-state index in [0.29, 0.717) is 26.2 Å². The van der Waals surface area contributed by atoms with Gasteiger partial charge in [0.05, 0.1) is 12.1 Å². The van der Waals surface area contributed by atoms with Crippen molar-refractivity contribution < 1.29 is 22.8 Å². The van der Waals surface area contributed by atoms with E-state index in [1.165, 1.54) is 12.1 Å². The van der Waals surface area contributed by atoms with Gasteiger partial charge in [-0.3, -0.25) is 19.9 Å². The average Bonchev–Trinajstić information content (AvgIpc) is 2.80. The molecule has 0 radical (unpaired) electrons. The number of imide groups is 1. The van der Waals surface area contributed by atoms with E-state index in [9.17, 15) is 22.8 Å². The number of alkyl halides is 3. The van der Waals surface area contributed by atoms with Gasteiger partial charge in [0.15, 0.2) is 0 Å². The van der Waals surface area contributed by atoms with E-state index in [4.69, 9.17) is 0 Å². The highest BCUT2D eigenvalue weighted by molar-refractivity contribution is 5.95. The summed E-state index contributed by atoms with van der Waals surface area (Å²) in [6.07, 6.45) is -3.48. The molecule has 6 nitrogen and oxygen atoms in total. The molecule has 0 unspecified atom stereocenters. The second-order valence-electron chi connectivity index (χ2n) is 6.51. The highest BCUT2D eigenvalue weighted by atomic mass is 19.4. The molecule has 0 spiro atoms. The Balaban J connectivity index is 1.80. The maximum atomic E-state index is 12.6. The van der Waals surface area contributed by atoms with Crippen molar-refractivity contribution in [1.82, 2.24) is 20.4 Å². The Bertz CT molecular complexity index is 634. The Morgan fingerprint density at radius 2 is 1.67 bits per heavy atom. The number of hydrogen-bond donors (Lipinski definition) is 2. The summed E-state index contributed by atoms with van der Waals surface area (Å²) >= 11 is 0. The molecule has 27 heavy (non-hydrogen) atoms. The van der Waals surface area contributed by atoms with Gasteiger partial charge in [0.2, 0.25) is 5.91 Å². The number of carbonyl (C=O) groups excluding carboxylic acids is 2. The molecule has 0 saturated carbocycles. The Morgan fingerprint density at radius 1 is 1.04 bits per heavy atom. The molecule has 150 valence electrons. The van der Waals surface area contributed by atoms with Crippen LogP contribution in [0.2, 0.25) is 0 Å². The first kappa shape index (κ1) is 21.2. The van der Waals surface area contributed by atoms with Crippen LogP contribution >= 0.6 is 0 Å². The standard InChI is InChI=1S/C18H25F3N4O2/c1-2-22-17(27)23-16(26)13-25-9-3-8-24(10-11-25)12-14-4-6-15(7-5-14)18(19,20)21/h4-7H,2-3,8-13H2,1H3,(H2,22,23,26,27). The summed E-state index contributed by atoms with van der Waals surface area (Å²) in [6, 6.07) is 4.72. The summed E-state index contributed by atoms with van der Waals surface area (Å²) in [6.45, 7) is 5.81. The molecule has 1 fully saturated rings. The summed E-state index contributed by atoms with van der Waals surface area (Å²) in [5.41, 5.74) is 0.178. The molecule has 1 heterocycles. The number of benzene rings is 1. The van der Waals surface area contributed by atoms with Crippen LogP contribution in [0.15, 0.2) is 24.3 Å². The van der Waals surface area contributed by atoms with Crippen molar-refractivity contribution in [2.75, 3.05) is 39.3 Å². The van der Waals surface area contributed by atoms with Crippen LogP contribution < -0.4 is 10.6 Å². The molecule has 1 saturated heterocycles. The van der Waals surface area contributed by atoms with Gasteiger partial charge in [-0.2, -0.15) is 13.2 Å². The lowest BCUT2D eigenvalue weighted by atomic mass is 10.1. The first-order valence-corrected chi connectivity index (χ1v) is 8.96. The molecule has 1 aromatic rings. The lowest BCUT2D eigenvalue weighted by molar-refractivity contribution is -0.137. The summed E-state index contributed by atoms with van der Waals surface area (Å²) in [5.74, 6) is -0.350. The number of nitrogens with one attached hydrogen (secondary N) is 2. The fourth-order valence-corrected chi connectivity index (χ4v) is 2.97. The molecule has 0 aliphatic carbocycles. The zero-order valence-electron chi connectivity index (χ0n) is 15.3. The molecule has 9 heteroatoms. The lowest BCUT2D eigenvalue weighted by Crippen LogP contribution is -2.45. The van der Waals surface area contributed by atoms with Crippen LogP contribution in [0, 0.1) is 0 Å². The monoisotopic (exact) mass is 386 g/mol. The molecule has 3 amide bonds. The van der Waals surface area contributed by atoms with Gasteiger partial charge in [-0.15, -0.1) is 0 Å². The minimum absolute atomic E-state index is 0.144. The second-order valence-corrected chi connectivity index (χ2v) is 6.51. The van der Waals surface area contributed by atoms with Crippen molar-refractivity contribution in [3.05, 3.63) is 35.4 Å². The predicted octanol–water partition coefficient (Wildman–Crippen LogP) is 2.06. The third-order valence-electron chi connectivity index (χ3n) is 4.33. The topological polar surface area (TPSA) is 64.7 Å². The van der Waals surface area contributed by atoms with Gasteiger partial charge < -0.3 is 5.32 Å². The van der Waals surface area contributed by atoms with E-state index in [0.717, 1.165) is 37.2 Å². The number of carbonyl (C=O) groups is 2. The van der Waals surface area contributed by atoms with Crippen LogP contribution in [-0.2, 0) is 17.5 Å². The Labute approximate surface area is 156 Å². The van der Waals surface area contributed by atoms with Crippen molar-refractivity contribution in [2.24, 2.45) is 0 Å². The number of halogens is 3. The molecular formula is C18H25F3N4O2. The first-order valence-electron chi connectivity index (χ1n) is 8.96. The summed E-state index contributed by atoms with van der Waals surface area (Å²) in [4.78, 5) is 27.4. The summed E-state index contributed by atoms with van der Waals surface area (Å²) in [5, 5.41) is 4.79. The van der Waals surface area contributed by atoms with Gasteiger partial charge in [0, 0.05) is 26.2 Å². The maximum absolute atomic E-state index is 12.6. The zero-order valence-corrected chi connectivity index (χ0v) is 15.3. The second kappa shape index (κ2) is 9.70. The van der Waals surface area contributed by atoms with Gasteiger partial charge >= 0.3 is 12.2 Å². The SMILES string of the molecule is CCNC(=O)NC(=O)CN1CCCN(Cc2ccc(C(F)(F)F)cc2)CC1. The van der Waals surface area contributed by atoms with Crippen LogP contribution in [0.3, 0.4) is 0 Å². The largest absolute Gasteiger partial charge is 0.416 e. The summed E-state index contributed by atoms with van der Waals surface area (Å²) in [7, 11) is 0. The lowest BCUT2D eigenvalue weighted by Gasteiger charge is -2.21. The van der Waals surface area contributed by atoms with Crippen molar-refractivity contribution in [2.45, 2.75) is 26.1 Å². The molecule has 1 aliphatic rings. The molecule has 0 aromatic heterocycles. The smallest absolute Gasteiger partial charge is 0.338 e. The highest BCUT2D eigenvalue weighted by Gasteiger charge is 2.30. The van der Waals surface area contributed by atoms with E-state index in [2.05, 4.69) is 15.5 Å². The van der Waals surface area contributed by atoms with Gasteiger partial charge in [-0.1, -0.05) is 12.1 Å². The number of hydrogen-bond acceptors (Lipinski definition) is 4. The van der Waals surface area contributed by atoms with Crippen molar-refractivity contribution >= 4 is 11.9 Å². The fraction of sp³-hybridized carbons (Fsp3) is 0.556. The quantitative estimate of drug-likeness (QED) is 0.813. The van der Waals surface area contributed by atoms with E-state index in [1.54, 1.807) is 6.92 Å². The van der Waals surface area contributed by atoms with Crippen LogP contribution in [0.25, 0.3) is 0 Å². The number of urea groups is 1. The van der Waals surface area contributed by atoms with E-state index in [-0.39, 0.29) is 12.5 Å². The van der Waals surface area contributed by atoms with Crippen molar-refractivity contribution in [3.63, 3.8) is 0 Å². The molecule has 1 aliphatic heterocycles. The third kappa shape index (κ3) is 7.18. The average molecular weight is 386 g/mol. The van der Waals surface area contributed by atoms with E-state index >= 15 is 0 Å². The molecule has 0 bridgehead atoms. The Hall–Kier alpha value is -2.13. The van der Waals surface area contributed by atoms with Crippen LogP contribution in [0.4, 0.5) is 18.0 Å². The normalized spacial score (nSPS) is 16.6. The first-order chi connectivity index (χ1) is 12.8. The van der Waals surface area contributed by atoms with E-state index in [1.807, 2.05) is 4.90 Å². The summed E-state index contributed by atoms with van der Waals surface area (Å²) < 4.78 is 37.9. The van der Waals surface area contributed by atoms with Gasteiger partial charge in [-0.05, 0) is 44.1 Å². The number of rotatable bonds is 5. The minimum Gasteiger partial charge on any atom is -0.338 e. The van der Waals surface area contributed by atoms with Crippen LogP contribution in [0.5, 0.6) is 0 Å². The molecule has 2 N–H and O–H groups in total. The van der Waals surface area contributed by atoms with E-state index < -0.39 is 17.8 Å². The molecule has 1 aromatic carbocycles. The molecule has 0 atom stereocenters. The maximum Gasteiger partial charge on any atom is 0.416 e. The number of nitrogens with zero attached hydrogens (tertiary/aromatic N) is 2. The van der Waals surface area contributed by atoms with Gasteiger partial charge in [0.1, 0.15) is 0 Å². The van der Waals surface area contributed by atoms with Crippen molar-refractivity contribution in [1.29, 1.82) is 0 Å². The molecular weight excluding hydrogens is 361 g/mol. The zero-order chi connectivity index (χ0) is 19.9. The van der Waals surface area contributed by atoms with Gasteiger partial charge in [0.25, 0.3) is 0 Å². The number of amides is 3. The highest BCUT2D eigenvalue weighted by Crippen LogP contribution is 2.29. The Kier molecular flexibility index (Phi) is 7.61. The minimum atomic E-state index is -4.32. The predicted molar refractivity (Wildman–Crippen MR) is 95.0 cm³/mol. The van der Waals surface area contributed by atoms with Crippen LogP contribution in [-0.4, -0.2) is 61.0 Å². The Morgan fingerprint density at radius 3 is 2.30 bits per heavy atom. The molecule has 2 rings (SSSR count). The van der Waals surface area contributed by atoms with Crippen molar-refractivity contribution in [3.8, 4) is 0 Å². The van der Waals surface area contributed by atoms with Crippen LogP contribution in [0.1, 0.15) is 24.5 Å². The third-order valence-corrected chi connectivity index (χ3v) is 4.33.